The van der Waals surface area contributed by atoms with E-state index in [1.165, 1.54) is 0 Å². The minimum Gasteiger partial charge on any atom is -0.391 e. The van der Waals surface area contributed by atoms with E-state index in [9.17, 15) is 14.7 Å². The quantitative estimate of drug-likeness (QED) is 0.629. The molecular weight excluding hydrogens is 444 g/mol. The maximum Gasteiger partial charge on any atom is 0.322 e. The van der Waals surface area contributed by atoms with Crippen LogP contribution >= 0.6 is 11.6 Å². The van der Waals surface area contributed by atoms with Crippen LogP contribution in [0.25, 0.3) is 0 Å². The molecule has 182 valence electrons. The zero-order valence-electron chi connectivity index (χ0n) is 19.5. The molecule has 2 aliphatic heterocycles. The zero-order chi connectivity index (χ0) is 23.6. The molecule has 0 aromatic heterocycles. The number of piperidine rings is 1. The van der Waals surface area contributed by atoms with E-state index >= 15 is 0 Å². The van der Waals surface area contributed by atoms with Crippen LogP contribution in [0.1, 0.15) is 32.6 Å². The number of urea groups is 1. The number of piperazine rings is 1. The average Bonchev–Trinajstić information content (AvgIpc) is 3.56. The molecule has 0 radical (unpaired) electrons. The monoisotopic (exact) mass is 478 g/mol. The highest BCUT2D eigenvalue weighted by Gasteiger charge is 2.51. The molecule has 3 atom stereocenters. The largest absolute Gasteiger partial charge is 0.391 e. The summed E-state index contributed by atoms with van der Waals surface area (Å²) in [7, 11) is 1.65. The number of carbonyl (C=O) groups excluding carboxylic acids is 2. The van der Waals surface area contributed by atoms with Crippen LogP contribution in [0.15, 0.2) is 24.3 Å². The second kappa shape index (κ2) is 10.2. The average molecular weight is 479 g/mol. The first kappa shape index (κ1) is 24.3. The van der Waals surface area contributed by atoms with Gasteiger partial charge in [0.2, 0.25) is 5.91 Å². The highest BCUT2D eigenvalue weighted by molar-refractivity contribution is 6.30. The van der Waals surface area contributed by atoms with Gasteiger partial charge in [-0.25, -0.2) is 4.79 Å². The summed E-state index contributed by atoms with van der Waals surface area (Å²) in [5.74, 6) is -0.0693. The molecule has 2 N–H and O–H groups in total. The minimum atomic E-state index is -0.566. The van der Waals surface area contributed by atoms with Gasteiger partial charge in [0.25, 0.3) is 0 Å². The fourth-order valence-corrected chi connectivity index (χ4v) is 5.36. The molecule has 4 rings (SSSR count). The number of anilines is 1. The molecule has 3 unspecified atom stereocenters. The Balaban J connectivity index is 1.32. The maximum absolute atomic E-state index is 13.2. The SMILES string of the molecule is COCC(CCN1CCC2(CC2)C(O)C1)N1CCN(C(=O)Nc2cccc(Cl)c2)C(C)C1=O. The van der Waals surface area contributed by atoms with Crippen molar-refractivity contribution in [2.45, 2.75) is 50.8 Å². The van der Waals surface area contributed by atoms with Crippen LogP contribution < -0.4 is 5.32 Å². The van der Waals surface area contributed by atoms with Gasteiger partial charge < -0.3 is 29.9 Å². The van der Waals surface area contributed by atoms with Crippen LogP contribution in [0.5, 0.6) is 0 Å². The first-order valence-corrected chi connectivity index (χ1v) is 12.2. The van der Waals surface area contributed by atoms with Crippen LogP contribution in [-0.4, -0.2) is 96.4 Å². The number of hydrogen-bond acceptors (Lipinski definition) is 5. The molecule has 33 heavy (non-hydrogen) atoms. The molecule has 1 aliphatic carbocycles. The molecule has 2 saturated heterocycles. The Morgan fingerprint density at radius 2 is 2.09 bits per heavy atom. The van der Waals surface area contributed by atoms with Crippen molar-refractivity contribution in [1.29, 1.82) is 0 Å². The number of β-amino-alcohol motifs (C(OH)–C–C–N with tert-alkyl or cyclic N) is 1. The Labute approximate surface area is 200 Å². The number of carbonyl (C=O) groups is 2. The summed E-state index contributed by atoms with van der Waals surface area (Å²) in [6.07, 6.45) is 3.89. The number of rotatable bonds is 7. The second-order valence-electron chi connectivity index (χ2n) is 9.67. The van der Waals surface area contributed by atoms with Gasteiger partial charge in [-0.05, 0) is 62.8 Å². The Kier molecular flexibility index (Phi) is 7.48. The third-order valence-electron chi connectivity index (χ3n) is 7.56. The highest BCUT2D eigenvalue weighted by atomic mass is 35.5. The number of likely N-dealkylation sites (tertiary alicyclic amines) is 1. The molecule has 3 aliphatic rings. The van der Waals surface area contributed by atoms with Crippen LogP contribution in [0.2, 0.25) is 5.02 Å². The van der Waals surface area contributed by atoms with Crippen LogP contribution in [-0.2, 0) is 9.53 Å². The van der Waals surface area contributed by atoms with Crippen LogP contribution in [0, 0.1) is 5.41 Å². The van der Waals surface area contributed by atoms with E-state index in [4.69, 9.17) is 16.3 Å². The summed E-state index contributed by atoms with van der Waals surface area (Å²) in [4.78, 5) is 31.8. The number of amides is 3. The summed E-state index contributed by atoms with van der Waals surface area (Å²) in [5.41, 5.74) is 0.791. The number of aliphatic hydroxyl groups is 1. The lowest BCUT2D eigenvalue weighted by Gasteiger charge is -2.43. The Hall–Kier alpha value is -1.87. The Morgan fingerprint density at radius 3 is 2.76 bits per heavy atom. The topological polar surface area (TPSA) is 85.3 Å². The molecule has 1 aromatic carbocycles. The van der Waals surface area contributed by atoms with E-state index in [1.54, 1.807) is 43.2 Å². The predicted molar refractivity (Wildman–Crippen MR) is 127 cm³/mol. The highest BCUT2D eigenvalue weighted by Crippen LogP contribution is 2.53. The number of benzene rings is 1. The molecule has 8 nitrogen and oxygen atoms in total. The number of methoxy groups -OCH3 is 1. The van der Waals surface area contributed by atoms with Gasteiger partial charge in [0.1, 0.15) is 6.04 Å². The summed E-state index contributed by atoms with van der Waals surface area (Å²) in [6.45, 7) is 5.66. The van der Waals surface area contributed by atoms with Gasteiger partial charge in [-0.3, -0.25) is 4.79 Å². The lowest BCUT2D eigenvalue weighted by Crippen LogP contribution is -2.61. The minimum absolute atomic E-state index is 0.0583. The number of hydrogen-bond donors (Lipinski definition) is 2. The number of nitrogens with zero attached hydrogens (tertiary/aromatic N) is 3. The molecule has 1 aromatic rings. The molecule has 3 amide bonds. The van der Waals surface area contributed by atoms with E-state index in [0.717, 1.165) is 38.8 Å². The van der Waals surface area contributed by atoms with E-state index in [1.807, 2.05) is 4.90 Å². The van der Waals surface area contributed by atoms with Gasteiger partial charge in [0.05, 0.1) is 18.8 Å². The standard InChI is InChI=1S/C24H35ClN4O4/c1-17-22(31)29(13-12-28(17)23(32)26-19-5-3-4-18(25)14-19)20(16-33-2)6-10-27-11-9-24(7-8-24)21(30)15-27/h3-5,14,17,20-21,30H,6-13,15-16H2,1-2H3,(H,26,32). The predicted octanol–water partition coefficient (Wildman–Crippen LogP) is 2.66. The number of aliphatic hydroxyl groups excluding tert-OH is 1. The molecule has 9 heteroatoms. The van der Waals surface area contributed by atoms with Crippen molar-refractivity contribution in [2.24, 2.45) is 5.41 Å². The molecule has 1 saturated carbocycles. The summed E-state index contributed by atoms with van der Waals surface area (Å²) >= 11 is 6.01. The first-order valence-electron chi connectivity index (χ1n) is 11.9. The molecule has 3 fully saturated rings. The Morgan fingerprint density at radius 1 is 1.30 bits per heavy atom. The van der Waals surface area contributed by atoms with Gasteiger partial charge in [0, 0.05) is 44.0 Å². The lowest BCUT2D eigenvalue weighted by atomic mass is 9.90. The molecule has 1 spiro atoms. The Bertz CT molecular complexity index is 865. The second-order valence-corrected chi connectivity index (χ2v) is 10.1. The van der Waals surface area contributed by atoms with Gasteiger partial charge in [-0.2, -0.15) is 0 Å². The fourth-order valence-electron chi connectivity index (χ4n) is 5.17. The van der Waals surface area contributed by atoms with E-state index in [-0.39, 0.29) is 29.5 Å². The van der Waals surface area contributed by atoms with Crippen molar-refractivity contribution in [3.8, 4) is 0 Å². The molecule has 0 bridgehead atoms. The smallest absolute Gasteiger partial charge is 0.322 e. The fraction of sp³-hybridized carbons (Fsp3) is 0.667. The van der Waals surface area contributed by atoms with Crippen LogP contribution in [0.4, 0.5) is 10.5 Å². The van der Waals surface area contributed by atoms with Crippen molar-refractivity contribution >= 4 is 29.2 Å². The van der Waals surface area contributed by atoms with Gasteiger partial charge in [-0.15, -0.1) is 0 Å². The number of nitrogens with one attached hydrogen (secondary N) is 1. The van der Waals surface area contributed by atoms with Gasteiger partial charge >= 0.3 is 6.03 Å². The van der Waals surface area contributed by atoms with Crippen LogP contribution in [0.3, 0.4) is 0 Å². The van der Waals surface area contributed by atoms with Crippen molar-refractivity contribution in [3.05, 3.63) is 29.3 Å². The normalized spacial score (nSPS) is 25.9. The molecule has 2 heterocycles. The van der Waals surface area contributed by atoms with E-state index in [0.29, 0.717) is 37.0 Å². The van der Waals surface area contributed by atoms with Crippen molar-refractivity contribution in [2.75, 3.05) is 51.8 Å². The maximum atomic E-state index is 13.2. The summed E-state index contributed by atoms with van der Waals surface area (Å²) < 4.78 is 5.44. The number of ether oxygens (including phenoxy) is 1. The van der Waals surface area contributed by atoms with Gasteiger partial charge in [0.15, 0.2) is 0 Å². The number of halogens is 1. The van der Waals surface area contributed by atoms with Crippen molar-refractivity contribution < 1.29 is 19.4 Å². The first-order chi connectivity index (χ1) is 15.8. The van der Waals surface area contributed by atoms with E-state index in [2.05, 4.69) is 10.2 Å². The summed E-state index contributed by atoms with van der Waals surface area (Å²) in [6, 6.07) is 6.03. The van der Waals surface area contributed by atoms with Crippen molar-refractivity contribution in [3.63, 3.8) is 0 Å². The lowest BCUT2D eigenvalue weighted by molar-refractivity contribution is -0.143. The zero-order valence-corrected chi connectivity index (χ0v) is 20.3. The van der Waals surface area contributed by atoms with Crippen molar-refractivity contribution in [1.82, 2.24) is 14.7 Å². The van der Waals surface area contributed by atoms with Gasteiger partial charge in [-0.1, -0.05) is 17.7 Å². The summed E-state index contributed by atoms with van der Waals surface area (Å²) in [5, 5.41) is 13.9. The molecular formula is C24H35ClN4O4. The third kappa shape index (κ3) is 5.45. The van der Waals surface area contributed by atoms with E-state index < -0.39 is 6.04 Å². The third-order valence-corrected chi connectivity index (χ3v) is 7.80.